The van der Waals surface area contributed by atoms with Crippen molar-refractivity contribution in [2.45, 2.75) is 17.6 Å². The van der Waals surface area contributed by atoms with Crippen molar-refractivity contribution in [3.63, 3.8) is 0 Å². The minimum Gasteiger partial charge on any atom is -0.329 e. The summed E-state index contributed by atoms with van der Waals surface area (Å²) in [7, 11) is -2.87. The highest BCUT2D eigenvalue weighted by molar-refractivity contribution is 7.92. The first-order valence-corrected chi connectivity index (χ1v) is 4.81. The Kier molecular flexibility index (Phi) is 2.73. The first-order chi connectivity index (χ1) is 4.02. The van der Waals surface area contributed by atoms with Crippen LogP contribution < -0.4 is 5.73 Å². The lowest BCUT2D eigenvalue weighted by Crippen LogP contribution is -2.30. The van der Waals surface area contributed by atoms with E-state index in [1.807, 2.05) is 0 Å². The summed E-state index contributed by atoms with van der Waals surface area (Å²) in [6, 6.07) is 0. The van der Waals surface area contributed by atoms with Crippen LogP contribution in [0.5, 0.6) is 0 Å². The minimum absolute atomic E-state index is 0. The van der Waals surface area contributed by atoms with Crippen molar-refractivity contribution >= 4 is 22.2 Å². The van der Waals surface area contributed by atoms with Gasteiger partial charge in [-0.1, -0.05) is 0 Å². The largest absolute Gasteiger partial charge is 0.329 e. The maximum atomic E-state index is 10.9. The van der Waals surface area contributed by atoms with Gasteiger partial charge in [-0.15, -0.1) is 12.4 Å². The highest BCUT2D eigenvalue weighted by Crippen LogP contribution is 2.41. The molecule has 0 atom stereocenters. The van der Waals surface area contributed by atoms with Crippen LogP contribution in [0.4, 0.5) is 0 Å². The number of halogens is 1. The lowest BCUT2D eigenvalue weighted by Gasteiger charge is -2.07. The molecule has 3 nitrogen and oxygen atoms in total. The number of sulfone groups is 1. The van der Waals surface area contributed by atoms with Gasteiger partial charge in [0.05, 0.1) is 4.75 Å². The van der Waals surface area contributed by atoms with Gasteiger partial charge in [-0.05, 0) is 12.8 Å². The van der Waals surface area contributed by atoms with Crippen LogP contribution in [-0.4, -0.2) is 26.0 Å². The highest BCUT2D eigenvalue weighted by Gasteiger charge is 2.50. The molecule has 10 heavy (non-hydrogen) atoms. The average Bonchev–Trinajstić information content (AvgIpc) is 2.40. The van der Waals surface area contributed by atoms with Gasteiger partial charge in [0.1, 0.15) is 0 Å². The molecule has 62 valence electrons. The molecular formula is C5H12ClNO2S. The second kappa shape index (κ2) is 2.68. The van der Waals surface area contributed by atoms with Gasteiger partial charge in [-0.25, -0.2) is 8.42 Å². The van der Waals surface area contributed by atoms with Gasteiger partial charge >= 0.3 is 0 Å². The van der Waals surface area contributed by atoms with Crippen LogP contribution in [0.25, 0.3) is 0 Å². The lowest BCUT2D eigenvalue weighted by atomic mass is 10.4. The third-order valence-electron chi connectivity index (χ3n) is 1.97. The highest BCUT2D eigenvalue weighted by atomic mass is 35.5. The molecule has 0 heterocycles. The van der Waals surface area contributed by atoms with Crippen LogP contribution in [0.2, 0.25) is 0 Å². The van der Waals surface area contributed by atoms with E-state index >= 15 is 0 Å². The second-order valence-electron chi connectivity index (χ2n) is 2.66. The monoisotopic (exact) mass is 185 g/mol. The smallest absolute Gasteiger partial charge is 0.154 e. The van der Waals surface area contributed by atoms with Gasteiger partial charge < -0.3 is 5.73 Å². The molecule has 0 aromatic rings. The number of hydrogen-bond donors (Lipinski definition) is 1. The van der Waals surface area contributed by atoms with Crippen molar-refractivity contribution in [2.75, 3.05) is 12.8 Å². The molecule has 0 aliphatic heterocycles. The van der Waals surface area contributed by atoms with Gasteiger partial charge in [-0.3, -0.25) is 0 Å². The standard InChI is InChI=1S/C5H11NO2S.ClH/c1-9(7,8)5(4-6)2-3-5;/h2-4,6H2,1H3;1H. The summed E-state index contributed by atoms with van der Waals surface area (Å²) in [5.41, 5.74) is 5.28. The van der Waals surface area contributed by atoms with E-state index < -0.39 is 14.6 Å². The fourth-order valence-electron chi connectivity index (χ4n) is 0.866. The van der Waals surface area contributed by atoms with E-state index in [-0.39, 0.29) is 19.0 Å². The molecule has 0 saturated heterocycles. The molecule has 2 N–H and O–H groups in total. The normalized spacial score (nSPS) is 21.4. The molecule has 1 rings (SSSR count). The van der Waals surface area contributed by atoms with Gasteiger partial charge in [-0.2, -0.15) is 0 Å². The zero-order valence-electron chi connectivity index (χ0n) is 5.83. The number of rotatable bonds is 2. The van der Waals surface area contributed by atoms with E-state index in [9.17, 15) is 8.42 Å². The van der Waals surface area contributed by atoms with Gasteiger partial charge in [0.25, 0.3) is 0 Å². The Morgan fingerprint density at radius 3 is 1.90 bits per heavy atom. The molecule has 1 aliphatic carbocycles. The third kappa shape index (κ3) is 1.44. The van der Waals surface area contributed by atoms with E-state index in [4.69, 9.17) is 5.73 Å². The molecule has 0 radical (unpaired) electrons. The fourth-order valence-corrected chi connectivity index (χ4v) is 2.01. The maximum Gasteiger partial charge on any atom is 0.154 e. The Morgan fingerprint density at radius 1 is 1.50 bits per heavy atom. The Morgan fingerprint density at radius 2 is 1.90 bits per heavy atom. The average molecular weight is 186 g/mol. The molecule has 1 saturated carbocycles. The fraction of sp³-hybridized carbons (Fsp3) is 1.00. The molecule has 0 aromatic carbocycles. The summed E-state index contributed by atoms with van der Waals surface area (Å²) in [6.45, 7) is 0.284. The SMILES string of the molecule is CS(=O)(=O)C1(CN)CC1.Cl. The zero-order chi connectivity index (χ0) is 7.12. The molecular weight excluding hydrogens is 174 g/mol. The first-order valence-electron chi connectivity index (χ1n) is 2.91. The third-order valence-corrected chi connectivity index (χ3v) is 4.11. The van der Waals surface area contributed by atoms with E-state index in [0.717, 1.165) is 12.8 Å². The predicted octanol–water partition coefficient (Wildman–Crippen LogP) is -0.0559. The van der Waals surface area contributed by atoms with Crippen molar-refractivity contribution in [3.05, 3.63) is 0 Å². The van der Waals surface area contributed by atoms with E-state index in [0.29, 0.717) is 0 Å². The molecule has 1 fully saturated rings. The van der Waals surface area contributed by atoms with E-state index in [2.05, 4.69) is 0 Å². The van der Waals surface area contributed by atoms with Crippen LogP contribution in [0.15, 0.2) is 0 Å². The van der Waals surface area contributed by atoms with Crippen molar-refractivity contribution in [1.82, 2.24) is 0 Å². The molecule has 0 unspecified atom stereocenters. The quantitative estimate of drug-likeness (QED) is 0.656. The summed E-state index contributed by atoms with van der Waals surface area (Å²) in [5.74, 6) is 0. The number of hydrogen-bond acceptors (Lipinski definition) is 3. The van der Waals surface area contributed by atoms with E-state index in [1.165, 1.54) is 6.26 Å². The summed E-state index contributed by atoms with van der Waals surface area (Å²) < 4.78 is 21.2. The van der Waals surface area contributed by atoms with Gasteiger partial charge in [0.2, 0.25) is 0 Å². The topological polar surface area (TPSA) is 60.2 Å². The predicted molar refractivity (Wildman–Crippen MR) is 43.1 cm³/mol. The van der Waals surface area contributed by atoms with Crippen molar-refractivity contribution in [2.24, 2.45) is 5.73 Å². The summed E-state index contributed by atoms with van der Waals surface area (Å²) in [5, 5.41) is 0. The molecule has 0 spiro atoms. The number of nitrogens with two attached hydrogens (primary N) is 1. The minimum atomic E-state index is -2.87. The van der Waals surface area contributed by atoms with Crippen LogP contribution in [0.3, 0.4) is 0 Å². The van der Waals surface area contributed by atoms with Crippen LogP contribution in [-0.2, 0) is 9.84 Å². The summed E-state index contributed by atoms with van der Waals surface area (Å²) >= 11 is 0. The second-order valence-corrected chi connectivity index (χ2v) is 5.07. The Labute approximate surface area is 67.3 Å². The zero-order valence-corrected chi connectivity index (χ0v) is 7.46. The van der Waals surface area contributed by atoms with Crippen molar-refractivity contribution in [1.29, 1.82) is 0 Å². The first kappa shape index (κ1) is 10.2. The van der Waals surface area contributed by atoms with Crippen LogP contribution in [0.1, 0.15) is 12.8 Å². The molecule has 5 heteroatoms. The summed E-state index contributed by atoms with van der Waals surface area (Å²) in [6.07, 6.45) is 2.76. The molecule has 0 bridgehead atoms. The van der Waals surface area contributed by atoms with Crippen LogP contribution >= 0.6 is 12.4 Å². The Bertz CT molecular complexity index is 208. The maximum absolute atomic E-state index is 10.9. The lowest BCUT2D eigenvalue weighted by molar-refractivity contribution is 0.583. The Balaban J connectivity index is 0.000000810. The van der Waals surface area contributed by atoms with Crippen molar-refractivity contribution in [3.8, 4) is 0 Å². The molecule has 1 aliphatic rings. The van der Waals surface area contributed by atoms with Gasteiger partial charge in [0, 0.05) is 12.8 Å². The van der Waals surface area contributed by atoms with E-state index in [1.54, 1.807) is 0 Å². The van der Waals surface area contributed by atoms with Crippen molar-refractivity contribution < 1.29 is 8.42 Å². The molecule has 0 amide bonds. The summed E-state index contributed by atoms with van der Waals surface area (Å²) in [4.78, 5) is 0. The molecule has 0 aromatic heterocycles. The van der Waals surface area contributed by atoms with Crippen LogP contribution in [0, 0.1) is 0 Å². The Hall–Kier alpha value is 0.200. The van der Waals surface area contributed by atoms with Gasteiger partial charge in [0.15, 0.2) is 9.84 Å².